The molecular weight excluding hydrogens is 456 g/mol. The van der Waals surface area contributed by atoms with Crippen LogP contribution in [0.4, 0.5) is 4.79 Å². The van der Waals surface area contributed by atoms with Gasteiger partial charge in [-0.2, -0.15) is 0 Å². The molecule has 31 heavy (non-hydrogen) atoms. The number of nitrogens with two attached hydrogens (primary N) is 1. The summed E-state index contributed by atoms with van der Waals surface area (Å²) in [7, 11) is 0. The van der Waals surface area contributed by atoms with Crippen molar-refractivity contribution < 1.29 is 14.0 Å². The van der Waals surface area contributed by atoms with Crippen LogP contribution in [0.25, 0.3) is 17.1 Å². The lowest BCUT2D eigenvalue weighted by Gasteiger charge is -2.16. The number of thioether (sulfide) groups is 1. The lowest BCUT2D eigenvalue weighted by Crippen LogP contribution is -2.34. The summed E-state index contributed by atoms with van der Waals surface area (Å²) in [5, 5.41) is 1.23. The number of nitrogens with zero attached hydrogens (tertiary/aromatic N) is 3. The first kappa shape index (κ1) is 23.5. The van der Waals surface area contributed by atoms with E-state index >= 15 is 0 Å². The average Bonchev–Trinajstić information content (AvgIpc) is 3.37. The highest BCUT2D eigenvalue weighted by molar-refractivity contribution is 8.18. The van der Waals surface area contributed by atoms with E-state index in [0.717, 1.165) is 40.9 Å². The molecule has 1 aliphatic rings. The van der Waals surface area contributed by atoms with Gasteiger partial charge in [-0.3, -0.25) is 14.5 Å². The molecule has 0 atom stereocenters. The molecular formula is C21H23ClN4O3S2. The smallest absolute Gasteiger partial charge is 0.293 e. The van der Waals surface area contributed by atoms with Gasteiger partial charge in [0.2, 0.25) is 0 Å². The molecule has 10 heteroatoms. The number of fused-ring (bicyclic) bond motifs is 1. The monoisotopic (exact) mass is 478 g/mol. The molecule has 7 nitrogen and oxygen atoms in total. The summed E-state index contributed by atoms with van der Waals surface area (Å²) < 4.78 is 8.04. The number of aromatic nitrogens is 2. The number of benzene rings is 1. The van der Waals surface area contributed by atoms with Crippen molar-refractivity contribution in [1.29, 1.82) is 0 Å². The SMILES string of the molecule is CC(C)N1C(=O)SC(=Cc2ccc(Sc3nc4ccccc4n3CCCN)o2)C1=O.Cl. The molecule has 1 aromatic carbocycles. The fourth-order valence-electron chi connectivity index (χ4n) is 3.21. The lowest BCUT2D eigenvalue weighted by molar-refractivity contribution is -0.123. The Labute approximate surface area is 194 Å². The molecule has 1 saturated heterocycles. The Morgan fingerprint density at radius 2 is 2.00 bits per heavy atom. The first-order valence-electron chi connectivity index (χ1n) is 9.68. The van der Waals surface area contributed by atoms with E-state index < -0.39 is 0 Å². The van der Waals surface area contributed by atoms with Gasteiger partial charge in [0.15, 0.2) is 10.2 Å². The van der Waals surface area contributed by atoms with Crippen LogP contribution in [0.15, 0.2) is 56.0 Å². The van der Waals surface area contributed by atoms with Crippen LogP contribution in [-0.2, 0) is 11.3 Å². The van der Waals surface area contributed by atoms with E-state index in [2.05, 4.69) is 4.57 Å². The Morgan fingerprint density at radius 1 is 1.23 bits per heavy atom. The van der Waals surface area contributed by atoms with Crippen LogP contribution in [0.5, 0.6) is 0 Å². The molecule has 3 aromatic rings. The predicted molar refractivity (Wildman–Crippen MR) is 126 cm³/mol. The van der Waals surface area contributed by atoms with E-state index in [1.165, 1.54) is 16.7 Å². The summed E-state index contributed by atoms with van der Waals surface area (Å²) in [6.07, 6.45) is 2.47. The van der Waals surface area contributed by atoms with E-state index in [1.807, 2.05) is 44.2 Å². The molecule has 164 valence electrons. The van der Waals surface area contributed by atoms with Crippen molar-refractivity contribution in [2.45, 2.75) is 43.1 Å². The highest BCUT2D eigenvalue weighted by Gasteiger charge is 2.36. The maximum Gasteiger partial charge on any atom is 0.293 e. The Kier molecular flexibility index (Phi) is 7.53. The molecule has 2 N–H and O–H groups in total. The number of rotatable bonds is 7. The Bertz CT molecular complexity index is 1140. The van der Waals surface area contributed by atoms with Crippen molar-refractivity contribution in [3.63, 3.8) is 0 Å². The molecule has 0 radical (unpaired) electrons. The molecule has 1 aliphatic heterocycles. The maximum atomic E-state index is 12.4. The van der Waals surface area contributed by atoms with Gasteiger partial charge in [-0.05, 0) is 74.6 Å². The van der Waals surface area contributed by atoms with Crippen molar-refractivity contribution in [2.24, 2.45) is 5.73 Å². The average molecular weight is 479 g/mol. The van der Waals surface area contributed by atoms with Crippen LogP contribution in [0.1, 0.15) is 26.0 Å². The molecule has 4 rings (SSSR count). The van der Waals surface area contributed by atoms with Crippen LogP contribution in [0.3, 0.4) is 0 Å². The number of carbonyl (C=O) groups excluding carboxylic acids is 2. The van der Waals surface area contributed by atoms with Gasteiger partial charge >= 0.3 is 0 Å². The summed E-state index contributed by atoms with van der Waals surface area (Å²) in [6.45, 7) is 5.01. The molecule has 0 unspecified atom stereocenters. The number of imide groups is 1. The zero-order valence-corrected chi connectivity index (χ0v) is 19.6. The summed E-state index contributed by atoms with van der Waals surface area (Å²) in [5.74, 6) is 0.241. The number of para-hydroxylation sites is 2. The minimum Gasteiger partial charge on any atom is -0.450 e. The lowest BCUT2D eigenvalue weighted by atomic mass is 10.3. The van der Waals surface area contributed by atoms with Gasteiger partial charge in [0.05, 0.1) is 15.9 Å². The quantitative estimate of drug-likeness (QED) is 0.477. The Balaban J connectivity index is 0.00000272. The number of aryl methyl sites for hydroxylation is 1. The standard InChI is InChI=1S/C21H22N4O3S2.ClH/c1-13(2)25-19(26)17(29-21(25)27)12-14-8-9-18(28-14)30-20-23-15-6-3-4-7-16(15)24(20)11-5-10-22;/h3-4,6-9,12-13H,5,10-11,22H2,1-2H3;1H. The number of imidazole rings is 1. The topological polar surface area (TPSA) is 94.4 Å². The van der Waals surface area contributed by atoms with Gasteiger partial charge in [0, 0.05) is 18.7 Å². The fraction of sp³-hybridized carbons (Fsp3) is 0.286. The van der Waals surface area contributed by atoms with Crippen LogP contribution < -0.4 is 5.73 Å². The normalized spacial score (nSPS) is 15.5. The van der Waals surface area contributed by atoms with E-state index in [9.17, 15) is 9.59 Å². The highest BCUT2D eigenvalue weighted by atomic mass is 35.5. The third-order valence-electron chi connectivity index (χ3n) is 4.61. The summed E-state index contributed by atoms with van der Waals surface area (Å²) in [4.78, 5) is 30.9. The summed E-state index contributed by atoms with van der Waals surface area (Å²) in [5.41, 5.74) is 7.68. The first-order chi connectivity index (χ1) is 14.5. The zero-order valence-electron chi connectivity index (χ0n) is 17.1. The summed E-state index contributed by atoms with van der Waals surface area (Å²) in [6, 6.07) is 11.4. The van der Waals surface area contributed by atoms with Crippen LogP contribution in [0.2, 0.25) is 0 Å². The molecule has 2 amide bonds. The van der Waals surface area contributed by atoms with Gasteiger partial charge in [0.1, 0.15) is 5.76 Å². The predicted octanol–water partition coefficient (Wildman–Crippen LogP) is 5.00. The minimum atomic E-state index is -0.283. The zero-order chi connectivity index (χ0) is 21.3. The van der Waals surface area contributed by atoms with Crippen LogP contribution >= 0.6 is 35.9 Å². The highest BCUT2D eigenvalue weighted by Crippen LogP contribution is 2.36. The molecule has 0 saturated carbocycles. The van der Waals surface area contributed by atoms with Crippen molar-refractivity contribution in [2.75, 3.05) is 6.54 Å². The van der Waals surface area contributed by atoms with Gasteiger partial charge in [-0.25, -0.2) is 4.98 Å². The molecule has 2 aromatic heterocycles. The number of carbonyl (C=O) groups is 2. The van der Waals surface area contributed by atoms with E-state index in [1.54, 1.807) is 12.1 Å². The second kappa shape index (κ2) is 9.95. The Morgan fingerprint density at radius 3 is 2.71 bits per heavy atom. The second-order valence-electron chi connectivity index (χ2n) is 7.08. The Hall–Kier alpha value is -2.20. The minimum absolute atomic E-state index is 0. The van der Waals surface area contributed by atoms with Crippen molar-refractivity contribution in [1.82, 2.24) is 14.5 Å². The maximum absolute atomic E-state index is 12.4. The third kappa shape index (κ3) is 4.85. The fourth-order valence-corrected chi connectivity index (χ4v) is 5.05. The van der Waals surface area contributed by atoms with Crippen molar-refractivity contribution in [3.05, 3.63) is 47.1 Å². The largest absolute Gasteiger partial charge is 0.450 e. The third-order valence-corrected chi connectivity index (χ3v) is 6.41. The molecule has 0 aliphatic carbocycles. The van der Waals surface area contributed by atoms with E-state index in [0.29, 0.717) is 22.3 Å². The van der Waals surface area contributed by atoms with Gasteiger partial charge < -0.3 is 14.7 Å². The summed E-state index contributed by atoms with van der Waals surface area (Å²) >= 11 is 2.36. The number of halogens is 1. The van der Waals surface area contributed by atoms with Crippen molar-refractivity contribution in [3.8, 4) is 0 Å². The van der Waals surface area contributed by atoms with Gasteiger partial charge in [0.25, 0.3) is 11.1 Å². The van der Waals surface area contributed by atoms with Crippen LogP contribution in [0, 0.1) is 0 Å². The number of furan rings is 1. The van der Waals surface area contributed by atoms with E-state index in [-0.39, 0.29) is 29.6 Å². The molecule has 1 fully saturated rings. The molecule has 0 bridgehead atoms. The second-order valence-corrected chi connectivity index (χ2v) is 9.05. The van der Waals surface area contributed by atoms with Gasteiger partial charge in [-0.15, -0.1) is 12.4 Å². The molecule has 3 heterocycles. The van der Waals surface area contributed by atoms with Gasteiger partial charge in [-0.1, -0.05) is 12.1 Å². The first-order valence-corrected chi connectivity index (χ1v) is 11.3. The van der Waals surface area contributed by atoms with E-state index in [4.69, 9.17) is 15.1 Å². The molecule has 0 spiro atoms. The number of hydrogen-bond acceptors (Lipinski definition) is 7. The van der Waals surface area contributed by atoms with Crippen LogP contribution in [-0.4, -0.2) is 38.2 Å². The number of amides is 2. The van der Waals surface area contributed by atoms with Crippen molar-refractivity contribution >= 4 is 64.2 Å². The number of hydrogen-bond donors (Lipinski definition) is 1.